The van der Waals surface area contributed by atoms with Gasteiger partial charge in [0.15, 0.2) is 0 Å². The van der Waals surface area contributed by atoms with Gasteiger partial charge in [0, 0.05) is 19.1 Å². The van der Waals surface area contributed by atoms with E-state index in [1.54, 1.807) is 0 Å². The van der Waals surface area contributed by atoms with Crippen LogP contribution in [0.1, 0.15) is 46.0 Å². The summed E-state index contributed by atoms with van der Waals surface area (Å²) in [6, 6.07) is 0.732. The molecule has 0 aromatic heterocycles. The normalized spacial score (nSPS) is 27.0. The van der Waals surface area contributed by atoms with Gasteiger partial charge in [-0.15, -0.1) is 0 Å². The van der Waals surface area contributed by atoms with E-state index in [0.29, 0.717) is 0 Å². The van der Waals surface area contributed by atoms with Crippen LogP contribution in [0.4, 0.5) is 0 Å². The number of carbonyl (C=O) groups is 1. The zero-order chi connectivity index (χ0) is 15.3. The number of rotatable bonds is 7. The average molecular weight is 296 g/mol. The van der Waals surface area contributed by atoms with Crippen molar-refractivity contribution in [1.29, 1.82) is 0 Å². The smallest absolute Gasteiger partial charge is 0.237 e. The fraction of sp³-hybridized carbons (Fsp3) is 0.938. The Kier molecular flexibility index (Phi) is 6.02. The summed E-state index contributed by atoms with van der Waals surface area (Å²) in [7, 11) is 0. The largest absolute Gasteiger partial charge is 0.368 e. The summed E-state index contributed by atoms with van der Waals surface area (Å²) in [5.41, 5.74) is 5.04. The fourth-order valence-corrected chi connectivity index (χ4v) is 3.57. The summed E-state index contributed by atoms with van der Waals surface area (Å²) in [4.78, 5) is 17.0. The Balaban J connectivity index is 1.86. The lowest BCUT2D eigenvalue weighted by Gasteiger charge is -2.31. The molecule has 0 saturated carbocycles. The van der Waals surface area contributed by atoms with Crippen molar-refractivity contribution in [2.45, 2.75) is 57.5 Å². The first-order valence-corrected chi connectivity index (χ1v) is 8.56. The van der Waals surface area contributed by atoms with Crippen LogP contribution < -0.4 is 11.1 Å². The minimum Gasteiger partial charge on any atom is -0.368 e. The second-order valence-corrected chi connectivity index (χ2v) is 6.86. The number of hydrogen-bond acceptors (Lipinski definition) is 4. The van der Waals surface area contributed by atoms with Crippen molar-refractivity contribution in [3.63, 3.8) is 0 Å². The van der Waals surface area contributed by atoms with Crippen LogP contribution in [0.15, 0.2) is 0 Å². The fourth-order valence-electron chi connectivity index (χ4n) is 3.57. The molecule has 21 heavy (non-hydrogen) atoms. The summed E-state index contributed by atoms with van der Waals surface area (Å²) in [6.07, 6.45) is 5.73. The van der Waals surface area contributed by atoms with Crippen LogP contribution >= 0.6 is 0 Å². The Morgan fingerprint density at radius 2 is 2.10 bits per heavy atom. The van der Waals surface area contributed by atoms with E-state index in [2.05, 4.69) is 22.0 Å². The Hall–Kier alpha value is -0.650. The molecule has 3 N–H and O–H groups in total. The third-order valence-electron chi connectivity index (χ3n) is 5.12. The Labute approximate surface area is 129 Å². The number of hydrogen-bond donors (Lipinski definition) is 2. The maximum atomic E-state index is 11.8. The highest BCUT2D eigenvalue weighted by Gasteiger charge is 2.33. The number of amides is 1. The highest BCUT2D eigenvalue weighted by molar-refractivity contribution is 5.84. The summed E-state index contributed by atoms with van der Waals surface area (Å²) >= 11 is 0. The van der Waals surface area contributed by atoms with Crippen LogP contribution in [0.2, 0.25) is 0 Å². The van der Waals surface area contributed by atoms with Crippen molar-refractivity contribution in [2.24, 2.45) is 5.73 Å². The molecule has 2 rings (SSSR count). The number of primary amides is 1. The van der Waals surface area contributed by atoms with E-state index in [1.807, 2.05) is 6.92 Å². The van der Waals surface area contributed by atoms with Gasteiger partial charge >= 0.3 is 0 Å². The van der Waals surface area contributed by atoms with Crippen LogP contribution in [0.3, 0.4) is 0 Å². The molecule has 2 fully saturated rings. The highest BCUT2D eigenvalue weighted by Crippen LogP contribution is 2.22. The van der Waals surface area contributed by atoms with E-state index in [1.165, 1.54) is 32.4 Å². The third-order valence-corrected chi connectivity index (χ3v) is 5.12. The van der Waals surface area contributed by atoms with Gasteiger partial charge in [-0.1, -0.05) is 6.92 Å². The van der Waals surface area contributed by atoms with Crippen LogP contribution in [0.25, 0.3) is 0 Å². The van der Waals surface area contributed by atoms with Gasteiger partial charge in [0.1, 0.15) is 0 Å². The molecule has 5 heteroatoms. The topological polar surface area (TPSA) is 61.6 Å². The van der Waals surface area contributed by atoms with Gasteiger partial charge in [-0.05, 0) is 65.2 Å². The predicted octanol–water partition coefficient (Wildman–Crippen LogP) is 0.790. The summed E-state index contributed by atoms with van der Waals surface area (Å²) in [5, 5.41) is 3.34. The van der Waals surface area contributed by atoms with E-state index in [0.717, 1.165) is 45.1 Å². The number of nitrogens with zero attached hydrogens (tertiary/aromatic N) is 2. The first kappa shape index (κ1) is 16.7. The van der Waals surface area contributed by atoms with Gasteiger partial charge in [0.05, 0.1) is 5.54 Å². The second kappa shape index (κ2) is 7.56. The van der Waals surface area contributed by atoms with Gasteiger partial charge in [-0.25, -0.2) is 0 Å². The van der Waals surface area contributed by atoms with Crippen LogP contribution in [-0.2, 0) is 4.79 Å². The molecular weight excluding hydrogens is 264 g/mol. The van der Waals surface area contributed by atoms with Gasteiger partial charge in [-0.2, -0.15) is 0 Å². The number of carbonyl (C=O) groups excluding carboxylic acids is 1. The Morgan fingerprint density at radius 3 is 2.81 bits per heavy atom. The summed E-state index contributed by atoms with van der Waals surface area (Å²) in [6.45, 7) is 10.7. The minimum absolute atomic E-state index is 0.228. The molecule has 2 unspecified atom stereocenters. The molecule has 2 heterocycles. The maximum Gasteiger partial charge on any atom is 0.237 e. The van der Waals surface area contributed by atoms with Crippen molar-refractivity contribution in [3.05, 3.63) is 0 Å². The lowest BCUT2D eigenvalue weighted by Crippen LogP contribution is -2.55. The lowest BCUT2D eigenvalue weighted by atomic mass is 9.96. The monoisotopic (exact) mass is 296 g/mol. The lowest BCUT2D eigenvalue weighted by molar-refractivity contribution is -0.124. The Morgan fingerprint density at radius 1 is 1.33 bits per heavy atom. The van der Waals surface area contributed by atoms with Gasteiger partial charge in [0.25, 0.3) is 0 Å². The van der Waals surface area contributed by atoms with Gasteiger partial charge in [0.2, 0.25) is 5.91 Å². The van der Waals surface area contributed by atoms with E-state index in [4.69, 9.17) is 5.73 Å². The SMILES string of the molecule is CCCNC(C)(CCN1CCCN2CCCC2C1)C(N)=O. The molecule has 2 aliphatic heterocycles. The van der Waals surface area contributed by atoms with Crippen molar-refractivity contribution in [3.8, 4) is 0 Å². The molecule has 0 bridgehead atoms. The molecule has 122 valence electrons. The molecule has 2 aliphatic rings. The second-order valence-electron chi connectivity index (χ2n) is 6.86. The summed E-state index contributed by atoms with van der Waals surface area (Å²) < 4.78 is 0. The highest BCUT2D eigenvalue weighted by atomic mass is 16.1. The molecule has 2 saturated heterocycles. The van der Waals surface area contributed by atoms with Gasteiger partial charge < -0.3 is 16.0 Å². The zero-order valence-electron chi connectivity index (χ0n) is 13.7. The molecule has 0 aromatic carbocycles. The van der Waals surface area contributed by atoms with E-state index in [-0.39, 0.29) is 5.91 Å². The number of fused-ring (bicyclic) bond motifs is 1. The van der Waals surface area contributed by atoms with Crippen molar-refractivity contribution in [1.82, 2.24) is 15.1 Å². The van der Waals surface area contributed by atoms with E-state index >= 15 is 0 Å². The third kappa shape index (κ3) is 4.41. The van der Waals surface area contributed by atoms with Crippen molar-refractivity contribution >= 4 is 5.91 Å². The minimum atomic E-state index is -0.572. The van der Waals surface area contributed by atoms with Crippen LogP contribution in [0.5, 0.6) is 0 Å². The quantitative estimate of drug-likeness (QED) is 0.729. The Bertz CT molecular complexity index is 349. The molecule has 1 amide bonds. The van der Waals surface area contributed by atoms with Crippen LogP contribution in [0, 0.1) is 0 Å². The number of nitrogens with two attached hydrogens (primary N) is 1. The van der Waals surface area contributed by atoms with Crippen LogP contribution in [-0.4, -0.2) is 66.6 Å². The molecule has 0 spiro atoms. The van der Waals surface area contributed by atoms with E-state index in [9.17, 15) is 4.79 Å². The standard InChI is InChI=1S/C16H32N4O/c1-3-8-18-16(2,15(17)21)7-12-19-9-5-11-20-10-4-6-14(20)13-19/h14,18H,3-13H2,1-2H3,(H2,17,21). The van der Waals surface area contributed by atoms with Gasteiger partial charge in [-0.3, -0.25) is 9.69 Å². The summed E-state index contributed by atoms with van der Waals surface area (Å²) in [5.74, 6) is -0.228. The molecular formula is C16H32N4O. The first-order valence-electron chi connectivity index (χ1n) is 8.56. The molecule has 0 radical (unpaired) electrons. The number of nitrogens with one attached hydrogen (secondary N) is 1. The predicted molar refractivity (Wildman–Crippen MR) is 86.2 cm³/mol. The van der Waals surface area contributed by atoms with Crippen molar-refractivity contribution in [2.75, 3.05) is 39.3 Å². The maximum absolute atomic E-state index is 11.8. The molecule has 0 aromatic rings. The molecule has 0 aliphatic carbocycles. The van der Waals surface area contributed by atoms with Crippen molar-refractivity contribution < 1.29 is 4.79 Å². The first-order chi connectivity index (χ1) is 10.0. The average Bonchev–Trinajstić information content (AvgIpc) is 2.80. The van der Waals surface area contributed by atoms with E-state index < -0.39 is 5.54 Å². The zero-order valence-corrected chi connectivity index (χ0v) is 13.7. The molecule has 2 atom stereocenters. The molecule has 5 nitrogen and oxygen atoms in total.